The zero-order valence-electron chi connectivity index (χ0n) is 28.9. The molecule has 3 nitrogen and oxygen atoms in total. The summed E-state index contributed by atoms with van der Waals surface area (Å²) in [6, 6.07) is 8.45. The van der Waals surface area contributed by atoms with E-state index in [1.54, 1.807) is 16.8 Å². The summed E-state index contributed by atoms with van der Waals surface area (Å²) in [5.74, 6) is 3.73. The molecule has 0 amide bonds. The van der Waals surface area contributed by atoms with Crippen molar-refractivity contribution in [2.75, 3.05) is 4.90 Å². The summed E-state index contributed by atoms with van der Waals surface area (Å²) in [5.41, 5.74) is 9.57. The Balaban J connectivity index is 1.12. The summed E-state index contributed by atoms with van der Waals surface area (Å²) in [4.78, 5) is 5.76. The molecule has 2 aliphatic heterocycles. The fourth-order valence-electron chi connectivity index (χ4n) is 12.1. The van der Waals surface area contributed by atoms with Gasteiger partial charge in [-0.3, -0.25) is 0 Å². The smallest absolute Gasteiger partial charge is 0.125 e. The van der Waals surface area contributed by atoms with E-state index in [1.165, 1.54) is 61.9 Å². The molecule has 1 saturated heterocycles. The van der Waals surface area contributed by atoms with Crippen LogP contribution in [0, 0.1) is 29.1 Å². The third kappa shape index (κ3) is 4.31. The number of hydrogen-bond donors (Lipinski definition) is 0. The number of allylic oxidation sites excluding steroid dienone is 10. The van der Waals surface area contributed by atoms with Crippen LogP contribution in [0.2, 0.25) is 0 Å². The molecule has 3 heteroatoms. The highest BCUT2D eigenvalue weighted by Gasteiger charge is 2.56. The van der Waals surface area contributed by atoms with Gasteiger partial charge in [-0.25, -0.2) is 0 Å². The molecule has 0 spiro atoms. The van der Waals surface area contributed by atoms with Crippen LogP contribution in [-0.4, -0.2) is 29.1 Å². The van der Waals surface area contributed by atoms with E-state index < -0.39 is 0 Å². The van der Waals surface area contributed by atoms with Crippen LogP contribution in [-0.2, 0) is 0 Å². The predicted molar refractivity (Wildman–Crippen MR) is 197 cm³/mol. The molecule has 9 aliphatic rings. The van der Waals surface area contributed by atoms with E-state index in [0.29, 0.717) is 47.7 Å². The quantitative estimate of drug-likeness (QED) is 0.306. The number of likely N-dealkylation sites (tertiary alicyclic amines) is 1. The molecule has 9 unspecified atom stereocenters. The van der Waals surface area contributed by atoms with Gasteiger partial charge in [-0.2, -0.15) is 0 Å². The minimum Gasteiger partial charge on any atom is -0.489 e. The van der Waals surface area contributed by atoms with Gasteiger partial charge in [-0.05, 0) is 111 Å². The summed E-state index contributed by atoms with van der Waals surface area (Å²) in [5, 5.41) is 0. The van der Waals surface area contributed by atoms with E-state index in [-0.39, 0.29) is 11.5 Å². The Morgan fingerprint density at radius 2 is 1.75 bits per heavy atom. The highest BCUT2D eigenvalue weighted by Crippen LogP contribution is 2.62. The van der Waals surface area contributed by atoms with Gasteiger partial charge in [0.25, 0.3) is 0 Å². The molecule has 1 aromatic rings. The first-order valence-electron chi connectivity index (χ1n) is 19.5. The minimum absolute atomic E-state index is 0.243. The van der Waals surface area contributed by atoms with E-state index in [9.17, 15) is 0 Å². The summed E-state index contributed by atoms with van der Waals surface area (Å²) in [6.07, 6.45) is 43.4. The third-order valence-electron chi connectivity index (χ3n) is 14.0. The second-order valence-electron chi connectivity index (χ2n) is 16.7. The van der Waals surface area contributed by atoms with Crippen LogP contribution in [0.5, 0.6) is 5.75 Å². The largest absolute Gasteiger partial charge is 0.489 e. The molecule has 1 saturated carbocycles. The van der Waals surface area contributed by atoms with Gasteiger partial charge in [-0.1, -0.05) is 86.8 Å². The second-order valence-corrected chi connectivity index (χ2v) is 16.7. The zero-order valence-corrected chi connectivity index (χ0v) is 28.9. The van der Waals surface area contributed by atoms with Crippen molar-refractivity contribution in [2.45, 2.75) is 115 Å². The van der Waals surface area contributed by atoms with Crippen LogP contribution in [0.25, 0.3) is 0 Å². The number of anilines is 1. The molecule has 10 rings (SSSR count). The topological polar surface area (TPSA) is 15.7 Å². The van der Waals surface area contributed by atoms with Gasteiger partial charge in [0, 0.05) is 58.4 Å². The number of fused-ring (bicyclic) bond motifs is 9. The molecular weight excluding hydrogens is 585 g/mol. The molecule has 9 atom stereocenters. The van der Waals surface area contributed by atoms with Crippen molar-refractivity contribution in [1.29, 1.82) is 0 Å². The van der Waals surface area contributed by atoms with E-state index in [0.717, 1.165) is 31.4 Å². The van der Waals surface area contributed by atoms with Gasteiger partial charge in [0.05, 0.1) is 6.04 Å². The van der Waals surface area contributed by atoms with Crippen molar-refractivity contribution >= 4 is 5.69 Å². The molecule has 2 fully saturated rings. The molecule has 2 heterocycles. The molecule has 1 aromatic carbocycles. The SMILES string of the molecule is CC1(C)C2CCCC=C2C2=CCCC(N(C3=CC4C5C=CC=CC5N(C5=CCCC=C5)C4CC3)c3cccc4c3C3C=CCCC3O4)C21. The number of ether oxygens (including phenoxy) is 1. The molecule has 48 heavy (non-hydrogen) atoms. The third-order valence-corrected chi connectivity index (χ3v) is 14.0. The Kier molecular flexibility index (Phi) is 6.93. The summed E-state index contributed by atoms with van der Waals surface area (Å²) in [6.45, 7) is 5.24. The van der Waals surface area contributed by atoms with E-state index in [2.05, 4.69) is 115 Å². The average molecular weight is 637 g/mol. The van der Waals surface area contributed by atoms with Crippen LogP contribution < -0.4 is 9.64 Å². The van der Waals surface area contributed by atoms with Crippen LogP contribution in [0.4, 0.5) is 5.69 Å². The predicted octanol–water partition coefficient (Wildman–Crippen LogP) is 10.5. The van der Waals surface area contributed by atoms with Crippen molar-refractivity contribution in [3.63, 3.8) is 0 Å². The Bertz CT molecular complexity index is 1740. The zero-order chi connectivity index (χ0) is 32.0. The van der Waals surface area contributed by atoms with E-state index in [4.69, 9.17) is 4.74 Å². The Hall–Kier alpha value is -3.46. The first kappa shape index (κ1) is 29.5. The van der Waals surface area contributed by atoms with Crippen LogP contribution in [0.1, 0.15) is 96.0 Å². The summed E-state index contributed by atoms with van der Waals surface area (Å²) in [7, 11) is 0. The maximum atomic E-state index is 6.75. The molecule has 0 bridgehead atoms. The standard InChI is InChI=1S/C45H52N2O/c1-45(2)36-20-9-6-16-31(36)33-19-12-23-40(44(33)45)47(39-22-13-25-42-43(39)34-18-8-11-24-41(34)48-42)30-26-27-38-35(28-30)32-17-7-10-21-37(32)46(38)29-14-4-3-5-15-29/h4,7-8,10,13-19,21-22,25,28,32,34-38,40-41,44H,3,5-6,9,11-12,20,23-24,26-27H2,1-2H3. The number of nitrogens with zero attached hydrogens (tertiary/aromatic N) is 2. The van der Waals surface area contributed by atoms with E-state index >= 15 is 0 Å². The van der Waals surface area contributed by atoms with Crippen LogP contribution in [0.3, 0.4) is 0 Å². The van der Waals surface area contributed by atoms with Gasteiger partial charge >= 0.3 is 0 Å². The highest BCUT2D eigenvalue weighted by molar-refractivity contribution is 5.69. The van der Waals surface area contributed by atoms with Crippen LogP contribution in [0.15, 0.2) is 114 Å². The molecule has 0 radical (unpaired) electrons. The molecule has 0 aromatic heterocycles. The van der Waals surface area contributed by atoms with Crippen LogP contribution >= 0.6 is 0 Å². The molecule has 0 N–H and O–H groups in total. The average Bonchev–Trinajstić information content (AvgIpc) is 3.75. The van der Waals surface area contributed by atoms with E-state index in [1.807, 2.05) is 0 Å². The lowest BCUT2D eigenvalue weighted by Crippen LogP contribution is -2.48. The lowest BCUT2D eigenvalue weighted by atomic mass is 9.67. The first-order chi connectivity index (χ1) is 23.6. The van der Waals surface area contributed by atoms with Crippen molar-refractivity contribution in [1.82, 2.24) is 4.90 Å². The van der Waals surface area contributed by atoms with Gasteiger partial charge in [0.2, 0.25) is 0 Å². The molecule has 248 valence electrons. The fourth-order valence-corrected chi connectivity index (χ4v) is 12.1. The fraction of sp³-hybridized carbons (Fsp3) is 0.511. The van der Waals surface area contributed by atoms with Gasteiger partial charge in [0.15, 0.2) is 0 Å². The number of benzene rings is 1. The van der Waals surface area contributed by atoms with Crippen molar-refractivity contribution in [3.05, 3.63) is 119 Å². The number of hydrogen-bond acceptors (Lipinski definition) is 3. The highest BCUT2D eigenvalue weighted by atomic mass is 16.5. The normalized spacial score (nSPS) is 38.0. The maximum absolute atomic E-state index is 6.75. The minimum atomic E-state index is 0.243. The summed E-state index contributed by atoms with van der Waals surface area (Å²) < 4.78 is 6.75. The lowest BCUT2D eigenvalue weighted by Gasteiger charge is -2.48. The summed E-state index contributed by atoms with van der Waals surface area (Å²) >= 11 is 0. The Morgan fingerprint density at radius 3 is 2.67 bits per heavy atom. The Labute approximate surface area is 288 Å². The number of rotatable bonds is 4. The molecule has 7 aliphatic carbocycles. The second kappa shape index (κ2) is 11.3. The first-order valence-corrected chi connectivity index (χ1v) is 19.5. The lowest BCUT2D eigenvalue weighted by molar-refractivity contribution is 0.161. The monoisotopic (exact) mass is 636 g/mol. The van der Waals surface area contributed by atoms with Gasteiger partial charge in [-0.15, -0.1) is 0 Å². The maximum Gasteiger partial charge on any atom is 0.125 e. The van der Waals surface area contributed by atoms with Gasteiger partial charge < -0.3 is 14.5 Å². The van der Waals surface area contributed by atoms with Crippen molar-refractivity contribution in [3.8, 4) is 5.75 Å². The molecular formula is C45H52N2O. The Morgan fingerprint density at radius 1 is 0.833 bits per heavy atom. The van der Waals surface area contributed by atoms with Crippen molar-refractivity contribution in [2.24, 2.45) is 29.1 Å². The van der Waals surface area contributed by atoms with Crippen molar-refractivity contribution < 1.29 is 4.74 Å². The van der Waals surface area contributed by atoms with Gasteiger partial charge in [0.1, 0.15) is 11.9 Å².